The lowest BCUT2D eigenvalue weighted by Crippen LogP contribution is -2.16. The van der Waals surface area contributed by atoms with Crippen molar-refractivity contribution in [1.29, 1.82) is 0 Å². The third-order valence-corrected chi connectivity index (χ3v) is 6.85. The summed E-state index contributed by atoms with van der Waals surface area (Å²) < 4.78 is 31.6. The monoisotopic (exact) mass is 396 g/mol. The number of anilines is 1. The topological polar surface area (TPSA) is 100 Å². The first-order chi connectivity index (χ1) is 12.8. The molecule has 0 spiro atoms. The van der Waals surface area contributed by atoms with E-state index < -0.39 is 9.84 Å². The molecule has 2 aromatic rings. The maximum atomic E-state index is 12.0. The Morgan fingerprint density at radius 3 is 2.59 bits per heavy atom. The fourth-order valence-electron chi connectivity index (χ4n) is 3.35. The van der Waals surface area contributed by atoms with E-state index in [1.165, 1.54) is 0 Å². The van der Waals surface area contributed by atoms with Gasteiger partial charge in [0.1, 0.15) is 15.4 Å². The molecule has 1 atom stereocenters. The molecule has 0 amide bonds. The van der Waals surface area contributed by atoms with Crippen molar-refractivity contribution < 1.29 is 13.2 Å². The van der Waals surface area contributed by atoms with E-state index in [9.17, 15) is 8.42 Å². The maximum Gasteiger partial charge on any atom is 0.151 e. The molecule has 0 saturated heterocycles. The summed E-state index contributed by atoms with van der Waals surface area (Å²) in [6.07, 6.45) is 5.74. The van der Waals surface area contributed by atoms with E-state index in [1.54, 1.807) is 13.4 Å². The number of aromatic nitrogens is 3. The van der Waals surface area contributed by atoms with E-state index in [0.29, 0.717) is 30.1 Å². The summed E-state index contributed by atoms with van der Waals surface area (Å²) in [5.74, 6) is 0.985. The van der Waals surface area contributed by atoms with E-state index in [1.807, 2.05) is 20.8 Å². The van der Waals surface area contributed by atoms with Crippen molar-refractivity contribution in [2.75, 3.05) is 31.0 Å². The van der Waals surface area contributed by atoms with Crippen LogP contribution in [0.15, 0.2) is 6.33 Å². The largest absolute Gasteiger partial charge is 0.383 e. The number of methoxy groups -OCH3 is 1. The normalized spacial score (nSPS) is 13.3. The van der Waals surface area contributed by atoms with Gasteiger partial charge in [-0.2, -0.15) is 0 Å². The Balaban J connectivity index is 2.11. The maximum absolute atomic E-state index is 12.0. The molecule has 0 aliphatic heterocycles. The number of nitrogen functional groups attached to an aromatic ring is 1. The van der Waals surface area contributed by atoms with Crippen LogP contribution < -0.4 is 5.73 Å². The lowest BCUT2D eigenvalue weighted by Gasteiger charge is -2.20. The number of fused-ring (bicyclic) bond motifs is 1. The first-order valence-corrected chi connectivity index (χ1v) is 11.4. The molecular weight excluding hydrogens is 364 g/mol. The van der Waals surface area contributed by atoms with Gasteiger partial charge in [0.15, 0.2) is 5.82 Å². The fraction of sp³-hybridized carbons (Fsp3) is 0.684. The minimum atomic E-state index is -2.94. The number of imidazole rings is 1. The Kier molecular flexibility index (Phi) is 7.61. The number of pyridine rings is 1. The highest BCUT2D eigenvalue weighted by Gasteiger charge is 2.19. The summed E-state index contributed by atoms with van der Waals surface area (Å²) >= 11 is 0. The highest BCUT2D eigenvalue weighted by atomic mass is 32.2. The lowest BCUT2D eigenvalue weighted by molar-refractivity contribution is 0.151. The Labute approximate surface area is 162 Å². The average Bonchev–Trinajstić information content (AvgIpc) is 3.06. The van der Waals surface area contributed by atoms with Crippen LogP contribution in [0.1, 0.15) is 56.3 Å². The van der Waals surface area contributed by atoms with Gasteiger partial charge in [0.05, 0.1) is 36.0 Å². The van der Waals surface area contributed by atoms with Gasteiger partial charge < -0.3 is 15.0 Å². The van der Waals surface area contributed by atoms with Gasteiger partial charge in [0, 0.05) is 12.8 Å². The third kappa shape index (κ3) is 5.42. The van der Waals surface area contributed by atoms with Gasteiger partial charge in [-0.05, 0) is 38.7 Å². The summed E-state index contributed by atoms with van der Waals surface area (Å²) in [5, 5.41) is 0. The molecule has 2 aromatic heterocycles. The van der Waals surface area contributed by atoms with Crippen LogP contribution in [0.3, 0.4) is 0 Å². The summed E-state index contributed by atoms with van der Waals surface area (Å²) in [6, 6.07) is 0.0817. The molecule has 0 aliphatic rings. The van der Waals surface area contributed by atoms with Gasteiger partial charge in [0.2, 0.25) is 0 Å². The van der Waals surface area contributed by atoms with Crippen LogP contribution in [0.2, 0.25) is 0 Å². The molecule has 0 aliphatic carbocycles. The van der Waals surface area contributed by atoms with Gasteiger partial charge in [-0.3, -0.25) is 0 Å². The summed E-state index contributed by atoms with van der Waals surface area (Å²) in [4.78, 5) is 8.80. The molecule has 0 fully saturated rings. The van der Waals surface area contributed by atoms with Crippen molar-refractivity contribution in [3.8, 4) is 0 Å². The van der Waals surface area contributed by atoms with Crippen molar-refractivity contribution in [1.82, 2.24) is 14.5 Å². The predicted octanol–water partition coefficient (Wildman–Crippen LogP) is 3.20. The molecule has 2 heterocycles. The Bertz CT molecular complexity index is 861. The summed E-state index contributed by atoms with van der Waals surface area (Å²) in [5.41, 5.74) is 9.68. The highest BCUT2D eigenvalue weighted by molar-refractivity contribution is 7.91. The number of hydrogen-bond acceptors (Lipinski definition) is 6. The molecule has 1 unspecified atom stereocenters. The number of nitrogens with zero attached hydrogens (tertiary/aromatic N) is 3. The minimum absolute atomic E-state index is 0.0817. The van der Waals surface area contributed by atoms with Gasteiger partial charge >= 0.3 is 0 Å². The highest BCUT2D eigenvalue weighted by Crippen LogP contribution is 2.28. The second-order valence-electron chi connectivity index (χ2n) is 7.17. The molecule has 7 nitrogen and oxygen atoms in total. The molecule has 0 aromatic carbocycles. The molecule has 0 saturated carbocycles. The second-order valence-corrected chi connectivity index (χ2v) is 9.47. The van der Waals surface area contributed by atoms with Crippen LogP contribution in [-0.4, -0.2) is 48.2 Å². The number of ether oxygens (including phenoxy) is 1. The predicted molar refractivity (Wildman–Crippen MR) is 110 cm³/mol. The van der Waals surface area contributed by atoms with Crippen molar-refractivity contribution in [3.05, 3.63) is 17.6 Å². The molecule has 0 bridgehead atoms. The van der Waals surface area contributed by atoms with Gasteiger partial charge in [0.25, 0.3) is 0 Å². The molecule has 2 rings (SSSR count). The molecule has 152 valence electrons. The van der Waals surface area contributed by atoms with Crippen molar-refractivity contribution >= 4 is 26.7 Å². The lowest BCUT2D eigenvalue weighted by atomic mass is 10.1. The first kappa shape index (κ1) is 21.6. The fourth-order valence-corrected chi connectivity index (χ4v) is 4.93. The number of rotatable bonds is 11. The van der Waals surface area contributed by atoms with Crippen LogP contribution in [-0.2, 0) is 14.6 Å². The number of hydrogen-bond donors (Lipinski definition) is 1. The molecular formula is C19H32N4O3S. The first-order valence-electron chi connectivity index (χ1n) is 9.59. The van der Waals surface area contributed by atoms with Crippen LogP contribution in [0.25, 0.3) is 11.0 Å². The SMILES string of the molecule is CCCCS(=O)(=O)CCCCC(COC)n1cnc2c(N)nc(C)c(C)c21. The quantitative estimate of drug-likeness (QED) is 0.585. The van der Waals surface area contributed by atoms with Crippen LogP contribution in [0.5, 0.6) is 0 Å². The van der Waals surface area contributed by atoms with Crippen molar-refractivity contribution in [2.24, 2.45) is 0 Å². The van der Waals surface area contributed by atoms with E-state index >= 15 is 0 Å². The zero-order chi connectivity index (χ0) is 20.0. The zero-order valence-corrected chi connectivity index (χ0v) is 17.7. The van der Waals surface area contributed by atoms with Gasteiger partial charge in [-0.15, -0.1) is 0 Å². The molecule has 0 radical (unpaired) electrons. The second kappa shape index (κ2) is 9.50. The number of sulfone groups is 1. The Morgan fingerprint density at radius 1 is 1.22 bits per heavy atom. The average molecular weight is 397 g/mol. The third-order valence-electron chi connectivity index (χ3n) is 5.03. The number of aryl methyl sites for hydroxylation is 2. The van der Waals surface area contributed by atoms with E-state index in [2.05, 4.69) is 14.5 Å². The number of unbranched alkanes of at least 4 members (excludes halogenated alkanes) is 2. The Morgan fingerprint density at radius 2 is 1.93 bits per heavy atom. The standard InChI is InChI=1S/C19H32N4O3S/c1-5-6-10-27(24,25)11-8-7-9-16(12-26-4)23-13-21-17-18(23)14(2)15(3)22-19(17)20/h13,16H,5-12H2,1-4H3,(H2,20,22). The van der Waals surface area contributed by atoms with Crippen LogP contribution in [0.4, 0.5) is 5.82 Å². The smallest absolute Gasteiger partial charge is 0.151 e. The summed E-state index contributed by atoms with van der Waals surface area (Å²) in [6.45, 7) is 6.50. The molecule has 8 heteroatoms. The minimum Gasteiger partial charge on any atom is -0.383 e. The van der Waals surface area contributed by atoms with Crippen LogP contribution in [0, 0.1) is 13.8 Å². The van der Waals surface area contributed by atoms with Crippen molar-refractivity contribution in [3.63, 3.8) is 0 Å². The van der Waals surface area contributed by atoms with E-state index in [-0.39, 0.29) is 11.8 Å². The van der Waals surface area contributed by atoms with E-state index in [0.717, 1.165) is 42.5 Å². The van der Waals surface area contributed by atoms with Crippen LogP contribution >= 0.6 is 0 Å². The summed E-state index contributed by atoms with van der Waals surface area (Å²) in [7, 11) is -1.26. The molecule has 27 heavy (non-hydrogen) atoms. The van der Waals surface area contributed by atoms with Crippen molar-refractivity contribution in [2.45, 2.75) is 58.9 Å². The van der Waals surface area contributed by atoms with Gasteiger partial charge in [-0.25, -0.2) is 18.4 Å². The number of nitrogens with two attached hydrogens (primary N) is 1. The Hall–Kier alpha value is -1.67. The zero-order valence-electron chi connectivity index (χ0n) is 16.9. The molecule has 2 N–H and O–H groups in total. The van der Waals surface area contributed by atoms with Gasteiger partial charge in [-0.1, -0.05) is 19.8 Å². The van der Waals surface area contributed by atoms with E-state index in [4.69, 9.17) is 10.5 Å².